The predicted molar refractivity (Wildman–Crippen MR) is 118 cm³/mol. The Morgan fingerprint density at radius 3 is 2.37 bits per heavy atom. The van der Waals surface area contributed by atoms with Gasteiger partial charge in [-0.2, -0.15) is 5.26 Å². The highest BCUT2D eigenvalue weighted by Crippen LogP contribution is 2.20. The standard InChI is InChI=1S/C25H27N3O2/c1-20-14-21(2)16-23(15-20)28(12-7-11-26)25(29)19-27(18-24-10-6-13-30-24)17-22-8-4-3-5-9-22/h3-6,8-10,13-16H,7,12,17-19H2,1-2H3. The Kier molecular flexibility index (Phi) is 7.42. The first kappa shape index (κ1) is 21.4. The Bertz CT molecular complexity index is 971. The lowest BCUT2D eigenvalue weighted by atomic mass is 10.1. The van der Waals surface area contributed by atoms with Crippen LogP contribution in [0.4, 0.5) is 5.69 Å². The Morgan fingerprint density at radius 1 is 1.00 bits per heavy atom. The van der Waals surface area contributed by atoms with E-state index in [0.29, 0.717) is 19.6 Å². The lowest BCUT2D eigenvalue weighted by Gasteiger charge is -2.27. The van der Waals surface area contributed by atoms with E-state index in [1.54, 1.807) is 11.2 Å². The van der Waals surface area contributed by atoms with Gasteiger partial charge in [0.15, 0.2) is 0 Å². The van der Waals surface area contributed by atoms with Crippen LogP contribution < -0.4 is 4.90 Å². The number of furan rings is 1. The Hall–Kier alpha value is -3.36. The molecular formula is C25H27N3O2. The van der Waals surface area contributed by atoms with Crippen LogP contribution >= 0.6 is 0 Å². The third kappa shape index (κ3) is 6.07. The van der Waals surface area contributed by atoms with Gasteiger partial charge in [0.05, 0.1) is 31.8 Å². The summed E-state index contributed by atoms with van der Waals surface area (Å²) < 4.78 is 5.52. The topological polar surface area (TPSA) is 60.5 Å². The number of benzene rings is 2. The van der Waals surface area contributed by atoms with E-state index in [-0.39, 0.29) is 18.9 Å². The first-order chi connectivity index (χ1) is 14.5. The van der Waals surface area contributed by atoms with Gasteiger partial charge in [0.1, 0.15) is 5.76 Å². The minimum absolute atomic E-state index is 0.0299. The average Bonchev–Trinajstić information content (AvgIpc) is 3.21. The van der Waals surface area contributed by atoms with E-state index in [2.05, 4.69) is 29.2 Å². The van der Waals surface area contributed by atoms with Crippen LogP contribution in [0.15, 0.2) is 71.3 Å². The highest BCUT2D eigenvalue weighted by molar-refractivity contribution is 5.95. The molecule has 0 saturated carbocycles. The van der Waals surface area contributed by atoms with Crippen molar-refractivity contribution in [2.75, 3.05) is 18.0 Å². The number of amides is 1. The van der Waals surface area contributed by atoms with Crippen molar-refractivity contribution in [2.24, 2.45) is 0 Å². The van der Waals surface area contributed by atoms with Crippen LogP contribution in [0, 0.1) is 25.2 Å². The number of carbonyl (C=O) groups is 1. The molecular weight excluding hydrogens is 374 g/mol. The molecule has 0 aliphatic heterocycles. The average molecular weight is 402 g/mol. The summed E-state index contributed by atoms with van der Waals surface area (Å²) in [6.45, 7) is 5.80. The summed E-state index contributed by atoms with van der Waals surface area (Å²) in [7, 11) is 0. The van der Waals surface area contributed by atoms with Gasteiger partial charge in [-0.25, -0.2) is 0 Å². The number of nitriles is 1. The molecule has 0 aliphatic rings. The largest absolute Gasteiger partial charge is 0.468 e. The van der Waals surface area contributed by atoms with E-state index in [1.165, 1.54) is 0 Å². The molecule has 30 heavy (non-hydrogen) atoms. The molecule has 0 N–H and O–H groups in total. The Morgan fingerprint density at radius 2 is 1.73 bits per heavy atom. The number of aryl methyl sites for hydroxylation is 2. The zero-order valence-corrected chi connectivity index (χ0v) is 17.5. The second kappa shape index (κ2) is 10.4. The van der Waals surface area contributed by atoms with Crippen molar-refractivity contribution in [3.05, 3.63) is 89.4 Å². The first-order valence-corrected chi connectivity index (χ1v) is 10.1. The second-order valence-corrected chi connectivity index (χ2v) is 7.51. The lowest BCUT2D eigenvalue weighted by molar-refractivity contribution is -0.120. The third-order valence-electron chi connectivity index (χ3n) is 4.83. The zero-order chi connectivity index (χ0) is 21.3. The van der Waals surface area contributed by atoms with Gasteiger partial charge in [-0.1, -0.05) is 36.4 Å². The van der Waals surface area contributed by atoms with Crippen molar-refractivity contribution in [2.45, 2.75) is 33.4 Å². The summed E-state index contributed by atoms with van der Waals surface area (Å²) in [5, 5.41) is 9.09. The molecule has 5 heteroatoms. The molecule has 1 aromatic heterocycles. The number of hydrogen-bond donors (Lipinski definition) is 0. The molecule has 0 aliphatic carbocycles. The number of carbonyl (C=O) groups excluding carboxylic acids is 1. The molecule has 3 rings (SSSR count). The fourth-order valence-electron chi connectivity index (χ4n) is 3.57. The predicted octanol–water partition coefficient (Wildman–Crippen LogP) is 4.85. The molecule has 2 aromatic carbocycles. The number of anilines is 1. The Labute approximate surface area is 178 Å². The van der Waals surface area contributed by atoms with Crippen LogP contribution in [-0.4, -0.2) is 23.9 Å². The van der Waals surface area contributed by atoms with Crippen LogP contribution in [0.1, 0.15) is 28.9 Å². The molecule has 0 radical (unpaired) electrons. The maximum atomic E-state index is 13.3. The number of rotatable bonds is 9. The van der Waals surface area contributed by atoms with Gasteiger partial charge < -0.3 is 9.32 Å². The van der Waals surface area contributed by atoms with Gasteiger partial charge in [-0.15, -0.1) is 0 Å². The first-order valence-electron chi connectivity index (χ1n) is 10.1. The van der Waals surface area contributed by atoms with Crippen molar-refractivity contribution >= 4 is 11.6 Å². The molecule has 0 unspecified atom stereocenters. The normalized spacial score (nSPS) is 10.7. The van der Waals surface area contributed by atoms with E-state index >= 15 is 0 Å². The fourth-order valence-corrected chi connectivity index (χ4v) is 3.57. The van der Waals surface area contributed by atoms with Crippen molar-refractivity contribution in [1.29, 1.82) is 5.26 Å². The maximum Gasteiger partial charge on any atom is 0.241 e. The summed E-state index contributed by atoms with van der Waals surface area (Å²) in [6.07, 6.45) is 1.93. The lowest BCUT2D eigenvalue weighted by Crippen LogP contribution is -2.40. The quantitative estimate of drug-likeness (QED) is 0.514. The van der Waals surface area contributed by atoms with Crippen LogP contribution in [0.25, 0.3) is 0 Å². The van der Waals surface area contributed by atoms with E-state index in [0.717, 1.165) is 28.1 Å². The molecule has 0 atom stereocenters. The second-order valence-electron chi connectivity index (χ2n) is 7.51. The smallest absolute Gasteiger partial charge is 0.241 e. The van der Waals surface area contributed by atoms with Gasteiger partial charge in [0, 0.05) is 18.8 Å². The highest BCUT2D eigenvalue weighted by Gasteiger charge is 2.20. The van der Waals surface area contributed by atoms with Crippen LogP contribution in [0.2, 0.25) is 0 Å². The van der Waals surface area contributed by atoms with Gasteiger partial charge >= 0.3 is 0 Å². The zero-order valence-electron chi connectivity index (χ0n) is 17.5. The van der Waals surface area contributed by atoms with Crippen LogP contribution in [0.3, 0.4) is 0 Å². The van der Waals surface area contributed by atoms with E-state index in [4.69, 9.17) is 9.68 Å². The number of hydrogen-bond acceptors (Lipinski definition) is 4. The molecule has 154 valence electrons. The maximum absolute atomic E-state index is 13.3. The molecule has 1 amide bonds. The van der Waals surface area contributed by atoms with Crippen molar-refractivity contribution in [3.63, 3.8) is 0 Å². The summed E-state index contributed by atoms with van der Waals surface area (Å²) in [6, 6.07) is 22.1. The fraction of sp³-hybridized carbons (Fsp3) is 0.280. The molecule has 0 saturated heterocycles. The van der Waals surface area contributed by atoms with Crippen molar-refractivity contribution in [3.8, 4) is 6.07 Å². The molecule has 0 bridgehead atoms. The monoisotopic (exact) mass is 401 g/mol. The van der Waals surface area contributed by atoms with Crippen LogP contribution in [0.5, 0.6) is 0 Å². The van der Waals surface area contributed by atoms with E-state index in [9.17, 15) is 4.79 Å². The minimum atomic E-state index is -0.0299. The summed E-state index contributed by atoms with van der Waals surface area (Å²) in [5.41, 5.74) is 4.16. The number of nitrogens with zero attached hydrogens (tertiary/aromatic N) is 3. The molecule has 5 nitrogen and oxygen atoms in total. The molecule has 0 fully saturated rings. The van der Waals surface area contributed by atoms with Gasteiger partial charge in [-0.05, 0) is 54.8 Å². The SMILES string of the molecule is Cc1cc(C)cc(N(CCC#N)C(=O)CN(Cc2ccccc2)Cc2ccco2)c1. The van der Waals surface area contributed by atoms with Gasteiger partial charge in [0.25, 0.3) is 0 Å². The summed E-state index contributed by atoms with van der Waals surface area (Å²) in [5.74, 6) is 0.784. The minimum Gasteiger partial charge on any atom is -0.468 e. The van der Waals surface area contributed by atoms with E-state index < -0.39 is 0 Å². The molecule has 3 aromatic rings. The summed E-state index contributed by atoms with van der Waals surface area (Å²) >= 11 is 0. The van der Waals surface area contributed by atoms with Gasteiger partial charge in [-0.3, -0.25) is 9.69 Å². The Balaban J connectivity index is 1.82. The van der Waals surface area contributed by atoms with Crippen molar-refractivity contribution in [1.82, 2.24) is 4.90 Å². The molecule has 0 spiro atoms. The van der Waals surface area contributed by atoms with Gasteiger partial charge in [0.2, 0.25) is 5.91 Å². The highest BCUT2D eigenvalue weighted by atomic mass is 16.3. The van der Waals surface area contributed by atoms with E-state index in [1.807, 2.05) is 56.3 Å². The summed E-state index contributed by atoms with van der Waals surface area (Å²) in [4.78, 5) is 17.1. The van der Waals surface area contributed by atoms with Crippen LogP contribution in [-0.2, 0) is 17.9 Å². The third-order valence-corrected chi connectivity index (χ3v) is 4.83. The molecule has 1 heterocycles. The van der Waals surface area contributed by atoms with Crippen molar-refractivity contribution < 1.29 is 9.21 Å².